The van der Waals surface area contributed by atoms with Crippen LogP contribution in [-0.2, 0) is 17.2 Å². The van der Waals surface area contributed by atoms with Crippen LogP contribution in [0.1, 0.15) is 25.1 Å². The number of aryl methyl sites for hydroxylation is 1. The molecule has 0 radical (unpaired) electrons. The SMILES string of the molecule is O=C(CCn1c(CCl)nc2cc(Br)ccc21)N1CCCC1. The topological polar surface area (TPSA) is 38.1 Å². The van der Waals surface area contributed by atoms with Crippen molar-refractivity contribution in [3.8, 4) is 0 Å². The van der Waals surface area contributed by atoms with Gasteiger partial charge in [0.1, 0.15) is 5.82 Å². The first-order valence-corrected chi connectivity index (χ1v) is 8.50. The van der Waals surface area contributed by atoms with Gasteiger partial charge < -0.3 is 9.47 Å². The molecular weight excluding hydrogens is 354 g/mol. The molecule has 1 aromatic carbocycles. The molecule has 0 atom stereocenters. The van der Waals surface area contributed by atoms with Gasteiger partial charge in [-0.3, -0.25) is 4.79 Å². The van der Waals surface area contributed by atoms with Gasteiger partial charge in [0.05, 0.1) is 16.9 Å². The first kappa shape index (κ1) is 14.9. The summed E-state index contributed by atoms with van der Waals surface area (Å²) in [4.78, 5) is 18.7. The summed E-state index contributed by atoms with van der Waals surface area (Å²) in [5.74, 6) is 1.40. The van der Waals surface area contributed by atoms with Crippen molar-refractivity contribution in [3.05, 3.63) is 28.5 Å². The fraction of sp³-hybridized carbons (Fsp3) is 0.467. The number of halogens is 2. The summed E-state index contributed by atoms with van der Waals surface area (Å²) in [6.45, 7) is 2.44. The van der Waals surface area contributed by atoms with Gasteiger partial charge in [-0.1, -0.05) is 15.9 Å². The smallest absolute Gasteiger partial charge is 0.224 e. The van der Waals surface area contributed by atoms with E-state index in [2.05, 4.69) is 25.5 Å². The summed E-state index contributed by atoms with van der Waals surface area (Å²) in [6.07, 6.45) is 2.76. The Kier molecular flexibility index (Phi) is 4.50. The minimum atomic E-state index is 0.229. The zero-order valence-corrected chi connectivity index (χ0v) is 14.0. The van der Waals surface area contributed by atoms with E-state index in [0.29, 0.717) is 18.8 Å². The van der Waals surface area contributed by atoms with E-state index < -0.39 is 0 Å². The predicted molar refractivity (Wildman–Crippen MR) is 87.4 cm³/mol. The molecule has 112 valence electrons. The van der Waals surface area contributed by atoms with E-state index in [4.69, 9.17) is 11.6 Å². The number of hydrogen-bond acceptors (Lipinski definition) is 2. The molecule has 0 aliphatic carbocycles. The largest absolute Gasteiger partial charge is 0.343 e. The summed E-state index contributed by atoms with van der Waals surface area (Å²) in [5, 5.41) is 0. The molecule has 2 aromatic rings. The predicted octanol–water partition coefficient (Wildman–Crippen LogP) is 3.55. The fourth-order valence-electron chi connectivity index (χ4n) is 2.84. The van der Waals surface area contributed by atoms with Crippen LogP contribution in [0.15, 0.2) is 22.7 Å². The van der Waals surface area contributed by atoms with Crippen LogP contribution in [-0.4, -0.2) is 33.4 Å². The number of carbonyl (C=O) groups is 1. The minimum Gasteiger partial charge on any atom is -0.343 e. The van der Waals surface area contributed by atoms with Crippen molar-refractivity contribution >= 4 is 44.5 Å². The van der Waals surface area contributed by atoms with Crippen LogP contribution < -0.4 is 0 Å². The average molecular weight is 371 g/mol. The van der Waals surface area contributed by atoms with Crippen molar-refractivity contribution in [1.82, 2.24) is 14.5 Å². The lowest BCUT2D eigenvalue weighted by Gasteiger charge is -2.16. The van der Waals surface area contributed by atoms with Crippen LogP contribution in [0, 0.1) is 0 Å². The van der Waals surface area contributed by atoms with Gasteiger partial charge in [-0.05, 0) is 31.0 Å². The van der Waals surface area contributed by atoms with Gasteiger partial charge in [-0.2, -0.15) is 0 Å². The van der Waals surface area contributed by atoms with E-state index in [1.54, 1.807) is 0 Å². The summed E-state index contributed by atoms with van der Waals surface area (Å²) in [7, 11) is 0. The van der Waals surface area contributed by atoms with Gasteiger partial charge in [0.2, 0.25) is 5.91 Å². The monoisotopic (exact) mass is 369 g/mol. The molecule has 2 heterocycles. The second-order valence-corrected chi connectivity index (χ2v) is 6.47. The van der Waals surface area contributed by atoms with Gasteiger partial charge >= 0.3 is 0 Å². The number of benzene rings is 1. The molecule has 1 saturated heterocycles. The van der Waals surface area contributed by atoms with E-state index in [1.807, 2.05) is 23.1 Å². The Morgan fingerprint density at radius 2 is 2.10 bits per heavy atom. The highest BCUT2D eigenvalue weighted by Crippen LogP contribution is 2.22. The van der Waals surface area contributed by atoms with Crippen molar-refractivity contribution in [3.63, 3.8) is 0 Å². The van der Waals surface area contributed by atoms with Gasteiger partial charge in [-0.25, -0.2) is 4.98 Å². The summed E-state index contributed by atoms with van der Waals surface area (Å²) < 4.78 is 3.05. The third-order valence-electron chi connectivity index (χ3n) is 3.92. The fourth-order valence-corrected chi connectivity index (χ4v) is 3.39. The van der Waals surface area contributed by atoms with E-state index >= 15 is 0 Å². The molecule has 21 heavy (non-hydrogen) atoms. The zero-order valence-electron chi connectivity index (χ0n) is 11.7. The number of alkyl halides is 1. The lowest BCUT2D eigenvalue weighted by Crippen LogP contribution is -2.28. The van der Waals surface area contributed by atoms with Crippen molar-refractivity contribution in [2.24, 2.45) is 0 Å². The van der Waals surface area contributed by atoms with Crippen LogP contribution in [0.2, 0.25) is 0 Å². The Morgan fingerprint density at radius 3 is 2.81 bits per heavy atom. The molecule has 0 bridgehead atoms. The van der Waals surface area contributed by atoms with E-state index in [9.17, 15) is 4.79 Å². The number of carbonyl (C=O) groups excluding carboxylic acids is 1. The number of imidazole rings is 1. The lowest BCUT2D eigenvalue weighted by atomic mass is 10.3. The number of aromatic nitrogens is 2. The summed E-state index contributed by atoms with van der Waals surface area (Å²) in [6, 6.07) is 5.98. The van der Waals surface area contributed by atoms with E-state index in [-0.39, 0.29) is 5.91 Å². The number of nitrogens with zero attached hydrogens (tertiary/aromatic N) is 3. The van der Waals surface area contributed by atoms with Crippen molar-refractivity contribution in [2.75, 3.05) is 13.1 Å². The highest BCUT2D eigenvalue weighted by molar-refractivity contribution is 9.10. The average Bonchev–Trinajstić information content (AvgIpc) is 3.11. The normalized spacial score (nSPS) is 15.0. The first-order valence-electron chi connectivity index (χ1n) is 7.17. The molecule has 1 aliphatic heterocycles. The van der Waals surface area contributed by atoms with Crippen LogP contribution in [0.25, 0.3) is 11.0 Å². The molecule has 1 aromatic heterocycles. The quantitative estimate of drug-likeness (QED) is 0.772. The third kappa shape index (κ3) is 3.09. The Morgan fingerprint density at radius 1 is 1.33 bits per heavy atom. The molecule has 6 heteroatoms. The number of likely N-dealkylation sites (tertiary alicyclic amines) is 1. The van der Waals surface area contributed by atoms with Crippen molar-refractivity contribution < 1.29 is 4.79 Å². The second-order valence-electron chi connectivity index (χ2n) is 5.28. The molecule has 1 aliphatic rings. The first-order chi connectivity index (χ1) is 10.2. The summed E-state index contributed by atoms with van der Waals surface area (Å²) >= 11 is 9.45. The third-order valence-corrected chi connectivity index (χ3v) is 4.65. The summed E-state index contributed by atoms with van der Waals surface area (Å²) in [5.41, 5.74) is 1.94. The highest BCUT2D eigenvalue weighted by atomic mass is 79.9. The molecule has 0 saturated carbocycles. The Bertz CT molecular complexity index is 664. The maximum Gasteiger partial charge on any atom is 0.224 e. The maximum absolute atomic E-state index is 12.2. The molecule has 0 unspecified atom stereocenters. The molecule has 1 amide bonds. The van der Waals surface area contributed by atoms with Crippen LogP contribution in [0.5, 0.6) is 0 Å². The number of hydrogen-bond donors (Lipinski definition) is 0. The highest BCUT2D eigenvalue weighted by Gasteiger charge is 2.18. The zero-order chi connectivity index (χ0) is 14.8. The molecule has 0 spiro atoms. The molecule has 1 fully saturated rings. The molecule has 4 nitrogen and oxygen atoms in total. The van der Waals surface area contributed by atoms with Crippen molar-refractivity contribution in [2.45, 2.75) is 31.7 Å². The Balaban J connectivity index is 1.80. The second kappa shape index (κ2) is 6.36. The van der Waals surface area contributed by atoms with Gasteiger partial charge in [0, 0.05) is 30.5 Å². The van der Waals surface area contributed by atoms with E-state index in [1.165, 1.54) is 0 Å². The lowest BCUT2D eigenvalue weighted by molar-refractivity contribution is -0.130. The van der Waals surface area contributed by atoms with Crippen LogP contribution in [0.4, 0.5) is 0 Å². The van der Waals surface area contributed by atoms with Crippen LogP contribution >= 0.6 is 27.5 Å². The Labute approximate surface area is 137 Å². The maximum atomic E-state index is 12.2. The Hall–Kier alpha value is -1.07. The van der Waals surface area contributed by atoms with Gasteiger partial charge in [0.25, 0.3) is 0 Å². The number of amides is 1. The van der Waals surface area contributed by atoms with Crippen LogP contribution in [0.3, 0.4) is 0 Å². The van der Waals surface area contributed by atoms with Gasteiger partial charge in [-0.15, -0.1) is 11.6 Å². The van der Waals surface area contributed by atoms with Crippen molar-refractivity contribution in [1.29, 1.82) is 0 Å². The standard InChI is InChI=1S/C15H17BrClN3O/c16-11-3-4-13-12(9-11)18-14(10-17)20(13)8-5-15(21)19-6-1-2-7-19/h3-4,9H,1-2,5-8,10H2. The molecule has 0 N–H and O–H groups in total. The molecule has 3 rings (SSSR count). The number of rotatable bonds is 4. The minimum absolute atomic E-state index is 0.229. The van der Waals surface area contributed by atoms with Gasteiger partial charge in [0.15, 0.2) is 0 Å². The molecular formula is C15H17BrClN3O. The van der Waals surface area contributed by atoms with E-state index in [0.717, 1.165) is 47.3 Å². The number of fused-ring (bicyclic) bond motifs is 1.